The Bertz CT molecular complexity index is 750. The summed E-state index contributed by atoms with van der Waals surface area (Å²) in [6.45, 7) is 2.01. The Balaban J connectivity index is 1.50. The predicted molar refractivity (Wildman–Crippen MR) is 83.9 cm³/mol. The fourth-order valence-corrected chi connectivity index (χ4v) is 3.70. The number of hydrogen-bond donors (Lipinski definition) is 1. The number of nitrogens with zero attached hydrogens (tertiary/aromatic N) is 4. The van der Waals surface area contributed by atoms with Gasteiger partial charge in [-0.3, -0.25) is 14.3 Å². The van der Waals surface area contributed by atoms with E-state index in [-0.39, 0.29) is 17.2 Å². The van der Waals surface area contributed by atoms with Gasteiger partial charge < -0.3 is 14.8 Å². The Hall–Kier alpha value is -2.57. The van der Waals surface area contributed by atoms with Crippen LogP contribution in [0.3, 0.4) is 0 Å². The maximum atomic E-state index is 12.5. The van der Waals surface area contributed by atoms with Crippen LogP contribution in [0.25, 0.3) is 0 Å². The van der Waals surface area contributed by atoms with Crippen LogP contribution in [0.5, 0.6) is 0 Å². The van der Waals surface area contributed by atoms with Crippen molar-refractivity contribution in [3.05, 3.63) is 36.4 Å². The minimum absolute atomic E-state index is 0.0374. The molecule has 7 nitrogen and oxygen atoms in total. The molecule has 1 atom stereocenters. The van der Waals surface area contributed by atoms with Crippen LogP contribution in [0.4, 0.5) is 5.69 Å². The van der Waals surface area contributed by atoms with E-state index in [0.717, 1.165) is 12.1 Å². The summed E-state index contributed by atoms with van der Waals surface area (Å²) in [7, 11) is 1.84. The van der Waals surface area contributed by atoms with Gasteiger partial charge in [-0.1, -0.05) is 0 Å². The van der Waals surface area contributed by atoms with Crippen LogP contribution in [0, 0.1) is 5.41 Å². The highest BCUT2D eigenvalue weighted by molar-refractivity contribution is 5.97. The van der Waals surface area contributed by atoms with Crippen molar-refractivity contribution in [2.75, 3.05) is 24.5 Å². The Morgan fingerprint density at radius 3 is 2.96 bits per heavy atom. The van der Waals surface area contributed by atoms with Crippen LogP contribution in [-0.4, -0.2) is 51.1 Å². The summed E-state index contributed by atoms with van der Waals surface area (Å²) in [5.41, 5.74) is 1.39. The number of hydrogen-bond acceptors (Lipinski definition) is 3. The van der Waals surface area contributed by atoms with E-state index in [1.165, 1.54) is 0 Å². The number of anilines is 1. The van der Waals surface area contributed by atoms with E-state index in [1.807, 2.05) is 18.1 Å². The normalized spacial score (nSPS) is 24.1. The molecule has 2 fully saturated rings. The van der Waals surface area contributed by atoms with Gasteiger partial charge in [0.05, 0.1) is 17.4 Å². The highest BCUT2D eigenvalue weighted by Crippen LogP contribution is 2.42. The maximum absolute atomic E-state index is 12.5. The van der Waals surface area contributed by atoms with Crippen molar-refractivity contribution in [2.45, 2.75) is 12.8 Å². The number of H-pyrrole nitrogens is 1. The number of aryl methyl sites for hydroxylation is 1. The number of likely N-dealkylation sites (tertiary alicyclic amines) is 1. The number of nitrogens with one attached hydrogen (secondary N) is 1. The molecule has 1 spiro atoms. The van der Waals surface area contributed by atoms with E-state index >= 15 is 0 Å². The zero-order valence-corrected chi connectivity index (χ0v) is 13.0. The summed E-state index contributed by atoms with van der Waals surface area (Å²) in [6.07, 6.45) is 8.41. The summed E-state index contributed by atoms with van der Waals surface area (Å²) in [5.74, 6) is 0.157. The predicted octanol–water partition coefficient (Wildman–Crippen LogP) is 1.02. The van der Waals surface area contributed by atoms with Crippen LogP contribution in [0.2, 0.25) is 0 Å². The lowest BCUT2D eigenvalue weighted by Gasteiger charge is -2.23. The Kier molecular flexibility index (Phi) is 3.04. The van der Waals surface area contributed by atoms with Gasteiger partial charge in [-0.05, 0) is 12.5 Å². The van der Waals surface area contributed by atoms with Gasteiger partial charge in [-0.25, -0.2) is 0 Å². The SMILES string of the molecule is Cn1cc(N2C[C@]3(CCN(C(=O)c4cc[nH]c4)C3)CC2=O)cn1. The first-order valence-corrected chi connectivity index (χ1v) is 7.77. The first-order chi connectivity index (χ1) is 11.1. The molecular formula is C16H19N5O2. The number of aromatic amines is 1. The third-order valence-corrected chi connectivity index (χ3v) is 4.89. The molecule has 2 aromatic heterocycles. The van der Waals surface area contributed by atoms with Gasteiger partial charge in [0.2, 0.25) is 5.91 Å². The summed E-state index contributed by atoms with van der Waals surface area (Å²) in [4.78, 5) is 31.5. The second-order valence-electron chi connectivity index (χ2n) is 6.61. The van der Waals surface area contributed by atoms with E-state index in [1.54, 1.807) is 34.2 Å². The lowest BCUT2D eigenvalue weighted by Crippen LogP contribution is -2.34. The minimum Gasteiger partial charge on any atom is -0.367 e. The molecule has 0 unspecified atom stereocenters. The van der Waals surface area contributed by atoms with E-state index in [4.69, 9.17) is 0 Å². The number of amides is 2. The maximum Gasteiger partial charge on any atom is 0.255 e. The lowest BCUT2D eigenvalue weighted by molar-refractivity contribution is -0.117. The molecule has 1 N–H and O–H groups in total. The second-order valence-corrected chi connectivity index (χ2v) is 6.61. The van der Waals surface area contributed by atoms with Gasteiger partial charge in [0.25, 0.3) is 5.91 Å². The third kappa shape index (κ3) is 2.32. The largest absolute Gasteiger partial charge is 0.367 e. The molecule has 120 valence electrons. The molecular weight excluding hydrogens is 294 g/mol. The molecule has 0 aliphatic carbocycles. The quantitative estimate of drug-likeness (QED) is 0.899. The van der Waals surface area contributed by atoms with Gasteiger partial charge in [0.1, 0.15) is 0 Å². The van der Waals surface area contributed by atoms with Gasteiger partial charge in [0, 0.05) is 57.1 Å². The topological polar surface area (TPSA) is 74.2 Å². The zero-order valence-electron chi connectivity index (χ0n) is 13.0. The lowest BCUT2D eigenvalue weighted by atomic mass is 9.86. The highest BCUT2D eigenvalue weighted by Gasteiger charge is 2.49. The average Bonchev–Trinajstić information content (AvgIpc) is 3.28. The highest BCUT2D eigenvalue weighted by atomic mass is 16.2. The zero-order chi connectivity index (χ0) is 16.0. The molecule has 2 aromatic rings. The fraction of sp³-hybridized carbons (Fsp3) is 0.438. The molecule has 4 rings (SSSR count). The monoisotopic (exact) mass is 313 g/mol. The van der Waals surface area contributed by atoms with E-state index in [2.05, 4.69) is 10.1 Å². The van der Waals surface area contributed by atoms with Crippen molar-refractivity contribution in [2.24, 2.45) is 12.5 Å². The Morgan fingerprint density at radius 1 is 1.39 bits per heavy atom. The van der Waals surface area contributed by atoms with Gasteiger partial charge in [0.15, 0.2) is 0 Å². The molecule has 0 bridgehead atoms. The fourth-order valence-electron chi connectivity index (χ4n) is 3.70. The van der Waals surface area contributed by atoms with Gasteiger partial charge in [-0.2, -0.15) is 5.10 Å². The van der Waals surface area contributed by atoms with Crippen molar-refractivity contribution < 1.29 is 9.59 Å². The van der Waals surface area contributed by atoms with Crippen LogP contribution in [-0.2, 0) is 11.8 Å². The van der Waals surface area contributed by atoms with Crippen molar-refractivity contribution >= 4 is 17.5 Å². The minimum atomic E-state index is -0.126. The molecule has 2 saturated heterocycles. The number of rotatable bonds is 2. The third-order valence-electron chi connectivity index (χ3n) is 4.89. The summed E-state index contributed by atoms with van der Waals surface area (Å²) in [5, 5.41) is 4.14. The second kappa shape index (κ2) is 4.97. The summed E-state index contributed by atoms with van der Waals surface area (Å²) < 4.78 is 1.70. The van der Waals surface area contributed by atoms with Crippen LogP contribution in [0.15, 0.2) is 30.9 Å². The molecule has 2 amide bonds. The Morgan fingerprint density at radius 2 is 2.26 bits per heavy atom. The molecule has 2 aliphatic heterocycles. The molecule has 4 heterocycles. The van der Waals surface area contributed by atoms with Crippen molar-refractivity contribution in [1.29, 1.82) is 0 Å². The van der Waals surface area contributed by atoms with Crippen molar-refractivity contribution in [1.82, 2.24) is 19.7 Å². The molecule has 0 aromatic carbocycles. The van der Waals surface area contributed by atoms with Crippen LogP contribution < -0.4 is 4.90 Å². The number of carbonyl (C=O) groups excluding carboxylic acids is 2. The summed E-state index contributed by atoms with van der Waals surface area (Å²) in [6, 6.07) is 1.79. The van der Waals surface area contributed by atoms with Crippen LogP contribution in [0.1, 0.15) is 23.2 Å². The van der Waals surface area contributed by atoms with E-state index < -0.39 is 0 Å². The van der Waals surface area contributed by atoms with E-state index in [0.29, 0.717) is 31.6 Å². The van der Waals surface area contributed by atoms with Crippen LogP contribution >= 0.6 is 0 Å². The van der Waals surface area contributed by atoms with Gasteiger partial charge >= 0.3 is 0 Å². The first kappa shape index (κ1) is 14.0. The summed E-state index contributed by atoms with van der Waals surface area (Å²) >= 11 is 0. The average molecular weight is 313 g/mol. The smallest absolute Gasteiger partial charge is 0.255 e. The standard InChI is InChI=1S/C16H19N5O2/c1-19-9-13(8-18-19)21-11-16(6-14(21)22)3-5-20(10-16)15(23)12-2-4-17-7-12/h2,4,7-9,17H,3,5-6,10-11H2,1H3/t16-/m1/s1. The van der Waals surface area contributed by atoms with Gasteiger partial charge in [-0.15, -0.1) is 0 Å². The number of aromatic nitrogens is 3. The number of carbonyl (C=O) groups is 2. The molecule has 7 heteroatoms. The Labute approximate surface area is 133 Å². The van der Waals surface area contributed by atoms with E-state index in [9.17, 15) is 9.59 Å². The van der Waals surface area contributed by atoms with Crippen molar-refractivity contribution in [3.8, 4) is 0 Å². The molecule has 0 radical (unpaired) electrons. The van der Waals surface area contributed by atoms with Crippen molar-refractivity contribution in [3.63, 3.8) is 0 Å². The first-order valence-electron chi connectivity index (χ1n) is 7.77. The molecule has 23 heavy (non-hydrogen) atoms. The molecule has 2 aliphatic rings. The molecule has 0 saturated carbocycles.